The summed E-state index contributed by atoms with van der Waals surface area (Å²) in [5.74, 6) is -0.707. The number of hydrogen-bond acceptors (Lipinski definition) is 3. The number of carbonyl (C=O) groups is 2. The molecule has 0 spiro atoms. The van der Waals surface area contributed by atoms with Crippen LogP contribution in [0.4, 0.5) is 4.79 Å². The number of piperidine rings is 1. The van der Waals surface area contributed by atoms with Gasteiger partial charge in [-0.05, 0) is 19.8 Å². The number of hydrogen-bond donors (Lipinski definition) is 2. The Morgan fingerprint density at radius 2 is 2.17 bits per heavy atom. The molecule has 2 amide bonds. The van der Waals surface area contributed by atoms with Gasteiger partial charge in [0.1, 0.15) is 0 Å². The van der Waals surface area contributed by atoms with Gasteiger partial charge in [0.25, 0.3) is 0 Å². The Balaban J connectivity index is 2.40. The first-order valence-electron chi connectivity index (χ1n) is 5.99. The van der Waals surface area contributed by atoms with Gasteiger partial charge in [-0.1, -0.05) is 0 Å². The third-order valence-electron chi connectivity index (χ3n) is 3.15. The van der Waals surface area contributed by atoms with E-state index >= 15 is 0 Å². The van der Waals surface area contributed by atoms with E-state index in [9.17, 15) is 13.8 Å². The van der Waals surface area contributed by atoms with Crippen molar-refractivity contribution in [2.24, 2.45) is 5.92 Å². The molecule has 0 aromatic rings. The van der Waals surface area contributed by atoms with Gasteiger partial charge in [0.05, 0.1) is 5.92 Å². The molecule has 0 bridgehead atoms. The fourth-order valence-electron chi connectivity index (χ4n) is 2.10. The zero-order valence-corrected chi connectivity index (χ0v) is 11.5. The van der Waals surface area contributed by atoms with Crippen LogP contribution in [0, 0.1) is 5.92 Å². The molecule has 0 aliphatic carbocycles. The Labute approximate surface area is 109 Å². The van der Waals surface area contributed by atoms with Crippen LogP contribution in [-0.2, 0) is 15.6 Å². The van der Waals surface area contributed by atoms with Crippen molar-refractivity contribution >= 4 is 22.8 Å². The van der Waals surface area contributed by atoms with Crippen molar-refractivity contribution in [1.82, 2.24) is 10.2 Å². The predicted molar refractivity (Wildman–Crippen MR) is 68.9 cm³/mol. The van der Waals surface area contributed by atoms with Crippen LogP contribution < -0.4 is 5.32 Å². The van der Waals surface area contributed by atoms with E-state index in [1.807, 2.05) is 6.92 Å². The maximum Gasteiger partial charge on any atom is 0.317 e. The molecule has 0 aromatic carbocycles. The molecule has 1 aliphatic heterocycles. The molecule has 1 rings (SSSR count). The van der Waals surface area contributed by atoms with Gasteiger partial charge in [0.15, 0.2) is 0 Å². The zero-order valence-electron chi connectivity index (χ0n) is 10.7. The normalized spacial score (nSPS) is 25.6. The maximum absolute atomic E-state index is 11.8. The second-order valence-corrected chi connectivity index (χ2v) is 6.17. The quantitative estimate of drug-likeness (QED) is 0.771. The number of urea groups is 1. The lowest BCUT2D eigenvalue weighted by Crippen LogP contribution is -2.50. The van der Waals surface area contributed by atoms with Gasteiger partial charge in [-0.25, -0.2) is 4.79 Å². The molecule has 1 fully saturated rings. The van der Waals surface area contributed by atoms with Crippen molar-refractivity contribution < 1.29 is 18.9 Å². The van der Waals surface area contributed by atoms with Crippen molar-refractivity contribution in [3.05, 3.63) is 0 Å². The molecular weight excluding hydrogens is 256 g/mol. The number of nitrogens with zero attached hydrogens (tertiary/aromatic N) is 1. The molecular formula is C11H20N2O4S. The number of nitrogens with one attached hydrogen (secondary N) is 1. The van der Waals surface area contributed by atoms with E-state index in [0.29, 0.717) is 31.7 Å². The van der Waals surface area contributed by atoms with E-state index in [2.05, 4.69) is 5.32 Å². The first kappa shape index (κ1) is 14.9. The summed E-state index contributed by atoms with van der Waals surface area (Å²) < 4.78 is 10.9. The summed E-state index contributed by atoms with van der Waals surface area (Å²) in [7, 11) is -0.919. The molecule has 3 atom stereocenters. The van der Waals surface area contributed by atoms with Gasteiger partial charge in [0.2, 0.25) is 0 Å². The second-order valence-electron chi connectivity index (χ2n) is 4.61. The van der Waals surface area contributed by atoms with Gasteiger partial charge in [0, 0.05) is 41.9 Å². The van der Waals surface area contributed by atoms with Crippen molar-refractivity contribution in [3.63, 3.8) is 0 Å². The lowest BCUT2D eigenvalue weighted by Gasteiger charge is -2.36. The first-order chi connectivity index (χ1) is 8.41. The van der Waals surface area contributed by atoms with Gasteiger partial charge in [-0.15, -0.1) is 0 Å². The maximum atomic E-state index is 11.8. The Hall–Kier alpha value is -1.11. The number of carboxylic acids is 1. The van der Waals surface area contributed by atoms with E-state index in [0.717, 1.165) is 0 Å². The highest BCUT2D eigenvalue weighted by Crippen LogP contribution is 2.22. The summed E-state index contributed by atoms with van der Waals surface area (Å²) in [6, 6.07) is -0.274. The third kappa shape index (κ3) is 4.29. The highest BCUT2D eigenvalue weighted by atomic mass is 32.2. The average Bonchev–Trinajstić information content (AvgIpc) is 2.27. The Kier molecular flexibility index (Phi) is 5.58. The molecule has 18 heavy (non-hydrogen) atoms. The van der Waals surface area contributed by atoms with Crippen molar-refractivity contribution in [1.29, 1.82) is 0 Å². The van der Waals surface area contributed by atoms with E-state index in [1.54, 1.807) is 11.2 Å². The fourth-order valence-corrected chi connectivity index (χ4v) is 2.49. The summed E-state index contributed by atoms with van der Waals surface area (Å²) in [6.07, 6.45) is 2.57. The minimum Gasteiger partial charge on any atom is -0.481 e. The molecule has 104 valence electrons. The zero-order chi connectivity index (χ0) is 13.7. The average molecular weight is 276 g/mol. The van der Waals surface area contributed by atoms with Crippen LogP contribution in [0.1, 0.15) is 19.8 Å². The molecule has 6 nitrogen and oxygen atoms in total. The van der Waals surface area contributed by atoms with E-state index < -0.39 is 16.8 Å². The summed E-state index contributed by atoms with van der Waals surface area (Å²) in [5, 5.41) is 11.6. The summed E-state index contributed by atoms with van der Waals surface area (Å²) in [5.41, 5.74) is 0. The van der Waals surface area contributed by atoms with Gasteiger partial charge < -0.3 is 15.3 Å². The first-order valence-corrected chi connectivity index (χ1v) is 7.71. The van der Waals surface area contributed by atoms with Crippen LogP contribution >= 0.6 is 0 Å². The van der Waals surface area contributed by atoms with Gasteiger partial charge >= 0.3 is 12.0 Å². The van der Waals surface area contributed by atoms with Gasteiger partial charge in [-0.3, -0.25) is 9.00 Å². The van der Waals surface area contributed by atoms with Crippen LogP contribution in [0.25, 0.3) is 0 Å². The van der Waals surface area contributed by atoms with E-state index in [1.165, 1.54) is 0 Å². The monoisotopic (exact) mass is 276 g/mol. The highest BCUT2D eigenvalue weighted by Gasteiger charge is 2.31. The Morgan fingerprint density at radius 1 is 1.50 bits per heavy atom. The molecule has 1 heterocycles. The molecule has 0 aromatic heterocycles. The summed E-state index contributed by atoms with van der Waals surface area (Å²) in [4.78, 5) is 24.4. The molecule has 1 aliphatic rings. The minimum atomic E-state index is -0.919. The molecule has 2 N–H and O–H groups in total. The summed E-state index contributed by atoms with van der Waals surface area (Å²) in [6.45, 7) is 2.69. The molecule has 0 radical (unpaired) electrons. The molecule has 0 saturated carbocycles. The van der Waals surface area contributed by atoms with Crippen LogP contribution in [0.2, 0.25) is 0 Å². The standard InChI is InChI=1S/C11H20N2O4S/c1-8-7-9(10(14)15)3-5-13(8)11(16)12-4-6-18(2)17/h8-9H,3-7H2,1-2H3,(H,12,16)(H,14,15). The van der Waals surface area contributed by atoms with Crippen LogP contribution in [0.5, 0.6) is 0 Å². The van der Waals surface area contributed by atoms with Crippen LogP contribution in [-0.4, -0.2) is 57.4 Å². The number of carbonyl (C=O) groups excluding carboxylic acids is 1. The predicted octanol–water partition coefficient (Wildman–Crippen LogP) is 0.260. The number of likely N-dealkylation sites (tertiary alicyclic amines) is 1. The fraction of sp³-hybridized carbons (Fsp3) is 0.818. The number of carboxylic acid groups (broad SMARTS) is 1. The van der Waals surface area contributed by atoms with Crippen molar-refractivity contribution in [3.8, 4) is 0 Å². The number of rotatable bonds is 4. The Morgan fingerprint density at radius 3 is 2.67 bits per heavy atom. The number of amides is 2. The molecule has 1 saturated heterocycles. The molecule has 7 heteroatoms. The molecule has 3 unspecified atom stereocenters. The highest BCUT2D eigenvalue weighted by molar-refractivity contribution is 7.84. The largest absolute Gasteiger partial charge is 0.481 e. The lowest BCUT2D eigenvalue weighted by atomic mass is 9.92. The van der Waals surface area contributed by atoms with Crippen molar-refractivity contribution in [2.45, 2.75) is 25.8 Å². The summed E-state index contributed by atoms with van der Waals surface area (Å²) >= 11 is 0. The van der Waals surface area contributed by atoms with E-state index in [-0.39, 0.29) is 18.0 Å². The second kappa shape index (κ2) is 6.72. The minimum absolute atomic E-state index is 0.0769. The van der Waals surface area contributed by atoms with Crippen molar-refractivity contribution in [2.75, 3.05) is 25.1 Å². The SMILES string of the molecule is CC1CC(C(=O)O)CCN1C(=O)NCCS(C)=O. The topological polar surface area (TPSA) is 86.7 Å². The smallest absolute Gasteiger partial charge is 0.317 e. The van der Waals surface area contributed by atoms with Crippen LogP contribution in [0.3, 0.4) is 0 Å². The van der Waals surface area contributed by atoms with Gasteiger partial charge in [-0.2, -0.15) is 0 Å². The third-order valence-corrected chi connectivity index (χ3v) is 3.93. The van der Waals surface area contributed by atoms with E-state index in [4.69, 9.17) is 5.11 Å². The Bertz CT molecular complexity index is 348. The lowest BCUT2D eigenvalue weighted by molar-refractivity contribution is -0.143. The van der Waals surface area contributed by atoms with Crippen LogP contribution in [0.15, 0.2) is 0 Å². The number of aliphatic carboxylic acids is 1.